The third-order valence-corrected chi connectivity index (χ3v) is 8.09. The van der Waals surface area contributed by atoms with Gasteiger partial charge in [-0.05, 0) is 49.6 Å². The number of ether oxygens (including phenoxy) is 3. The van der Waals surface area contributed by atoms with E-state index in [1.807, 2.05) is 26.0 Å². The van der Waals surface area contributed by atoms with Gasteiger partial charge in [0, 0.05) is 19.2 Å². The standard InChI is InChI=1S/C27H37N3O7S/c1-5-8-15-28-27(32)23(6-2)29(17-20-9-12-22(35-4)13-10-20)26(31)18-30(38(33,34)7-3)21-11-14-24-25(16-21)37-19-36-24/h9-14,16,23H,5-8,15,17-19H2,1-4H3,(H,28,32)/t23-/m0/s1. The molecule has 0 aliphatic carbocycles. The van der Waals surface area contributed by atoms with Crippen molar-refractivity contribution in [3.63, 3.8) is 0 Å². The highest BCUT2D eigenvalue weighted by molar-refractivity contribution is 7.92. The van der Waals surface area contributed by atoms with Crippen molar-refractivity contribution >= 4 is 27.5 Å². The molecule has 2 aromatic rings. The first-order valence-electron chi connectivity index (χ1n) is 12.8. The first-order chi connectivity index (χ1) is 18.2. The molecule has 0 saturated carbocycles. The quantitative estimate of drug-likeness (QED) is 0.361. The van der Waals surface area contributed by atoms with E-state index in [1.165, 1.54) is 11.8 Å². The maximum atomic E-state index is 13.8. The number of hydrogen-bond acceptors (Lipinski definition) is 7. The zero-order chi connectivity index (χ0) is 27.7. The molecule has 1 aliphatic rings. The fourth-order valence-electron chi connectivity index (χ4n) is 4.11. The molecule has 38 heavy (non-hydrogen) atoms. The highest BCUT2D eigenvalue weighted by atomic mass is 32.2. The third kappa shape index (κ3) is 7.09. The minimum Gasteiger partial charge on any atom is -0.497 e. The molecule has 0 radical (unpaired) electrons. The number of rotatable bonds is 14. The summed E-state index contributed by atoms with van der Waals surface area (Å²) in [6.07, 6.45) is 2.11. The Bertz CT molecular complexity index is 1200. The Balaban J connectivity index is 1.94. The fourth-order valence-corrected chi connectivity index (χ4v) is 5.17. The first kappa shape index (κ1) is 29.1. The van der Waals surface area contributed by atoms with Crippen LogP contribution in [0.5, 0.6) is 17.2 Å². The summed E-state index contributed by atoms with van der Waals surface area (Å²) in [6, 6.07) is 11.2. The van der Waals surface area contributed by atoms with Gasteiger partial charge in [-0.25, -0.2) is 8.42 Å². The second kappa shape index (κ2) is 13.4. The summed E-state index contributed by atoms with van der Waals surface area (Å²) in [4.78, 5) is 28.4. The van der Waals surface area contributed by atoms with Crippen LogP contribution in [0.1, 0.15) is 45.6 Å². The number of sulfonamides is 1. The molecule has 0 saturated heterocycles. The number of anilines is 1. The molecule has 0 unspecified atom stereocenters. The van der Waals surface area contributed by atoms with Gasteiger partial charge in [-0.15, -0.1) is 0 Å². The van der Waals surface area contributed by atoms with Crippen LogP contribution in [-0.4, -0.2) is 63.9 Å². The fraction of sp³-hybridized carbons (Fsp3) is 0.481. The number of hydrogen-bond donors (Lipinski definition) is 1. The van der Waals surface area contributed by atoms with Crippen LogP contribution in [0.15, 0.2) is 42.5 Å². The zero-order valence-corrected chi connectivity index (χ0v) is 23.3. The van der Waals surface area contributed by atoms with Gasteiger partial charge in [-0.1, -0.05) is 32.4 Å². The van der Waals surface area contributed by atoms with Crippen LogP contribution in [-0.2, 0) is 26.2 Å². The van der Waals surface area contributed by atoms with Crippen LogP contribution < -0.4 is 23.8 Å². The molecule has 0 fully saturated rings. The zero-order valence-electron chi connectivity index (χ0n) is 22.4. The lowest BCUT2D eigenvalue weighted by Crippen LogP contribution is -2.52. The second-order valence-electron chi connectivity index (χ2n) is 8.88. The van der Waals surface area contributed by atoms with Gasteiger partial charge >= 0.3 is 0 Å². The van der Waals surface area contributed by atoms with E-state index in [0.717, 1.165) is 22.7 Å². The Hall–Kier alpha value is -3.47. The van der Waals surface area contributed by atoms with Crippen molar-refractivity contribution in [1.29, 1.82) is 0 Å². The minimum atomic E-state index is -3.84. The molecule has 0 bridgehead atoms. The van der Waals surface area contributed by atoms with Crippen molar-refractivity contribution < 1.29 is 32.2 Å². The normalized spacial score (nSPS) is 13.1. The molecular weight excluding hydrogens is 510 g/mol. The number of carbonyl (C=O) groups is 2. The van der Waals surface area contributed by atoms with E-state index in [4.69, 9.17) is 14.2 Å². The van der Waals surface area contributed by atoms with E-state index >= 15 is 0 Å². The first-order valence-corrected chi connectivity index (χ1v) is 14.4. The molecular formula is C27H37N3O7S. The number of fused-ring (bicyclic) bond motifs is 1. The molecule has 0 aromatic heterocycles. The summed E-state index contributed by atoms with van der Waals surface area (Å²) >= 11 is 0. The van der Waals surface area contributed by atoms with E-state index in [-0.39, 0.29) is 30.7 Å². The van der Waals surface area contributed by atoms with Gasteiger partial charge in [0.15, 0.2) is 11.5 Å². The third-order valence-electron chi connectivity index (χ3n) is 6.35. The van der Waals surface area contributed by atoms with Gasteiger partial charge < -0.3 is 24.4 Å². The Kier molecular flexibility index (Phi) is 10.2. The smallest absolute Gasteiger partial charge is 0.244 e. The number of unbranched alkanes of at least 4 members (excludes halogenated alkanes) is 1. The summed E-state index contributed by atoms with van der Waals surface area (Å²) in [5.41, 5.74) is 1.07. The van der Waals surface area contributed by atoms with Gasteiger partial charge in [0.1, 0.15) is 18.3 Å². The van der Waals surface area contributed by atoms with Crippen molar-refractivity contribution in [1.82, 2.24) is 10.2 Å². The summed E-state index contributed by atoms with van der Waals surface area (Å²) in [5, 5.41) is 2.91. The van der Waals surface area contributed by atoms with E-state index in [9.17, 15) is 18.0 Å². The second-order valence-corrected chi connectivity index (χ2v) is 11.1. The largest absolute Gasteiger partial charge is 0.497 e. The molecule has 11 heteroatoms. The molecule has 3 rings (SSSR count). The summed E-state index contributed by atoms with van der Waals surface area (Å²) < 4.78 is 43.3. The van der Waals surface area contributed by atoms with Crippen molar-refractivity contribution in [2.24, 2.45) is 0 Å². The highest BCUT2D eigenvalue weighted by Gasteiger charge is 2.33. The minimum absolute atomic E-state index is 0.0409. The molecule has 1 N–H and O–H groups in total. The van der Waals surface area contributed by atoms with Crippen LogP contribution >= 0.6 is 0 Å². The average Bonchev–Trinajstić information content (AvgIpc) is 3.40. The number of carbonyl (C=O) groups excluding carboxylic acids is 2. The lowest BCUT2D eigenvalue weighted by atomic mass is 10.1. The number of amides is 2. The van der Waals surface area contributed by atoms with Gasteiger partial charge in [0.25, 0.3) is 0 Å². The molecule has 2 aromatic carbocycles. The lowest BCUT2D eigenvalue weighted by Gasteiger charge is -2.33. The predicted molar refractivity (Wildman–Crippen MR) is 145 cm³/mol. The Morgan fingerprint density at radius 1 is 1.05 bits per heavy atom. The molecule has 0 spiro atoms. The van der Waals surface area contributed by atoms with Gasteiger partial charge in [-0.3, -0.25) is 13.9 Å². The van der Waals surface area contributed by atoms with Gasteiger partial charge in [0.05, 0.1) is 18.6 Å². The predicted octanol–water partition coefficient (Wildman–Crippen LogP) is 3.30. The van der Waals surface area contributed by atoms with Crippen molar-refractivity contribution in [3.05, 3.63) is 48.0 Å². The van der Waals surface area contributed by atoms with E-state index in [0.29, 0.717) is 30.2 Å². The summed E-state index contributed by atoms with van der Waals surface area (Å²) in [5.74, 6) is 0.609. The number of methoxy groups -OCH3 is 1. The Morgan fingerprint density at radius 2 is 1.76 bits per heavy atom. The summed E-state index contributed by atoms with van der Waals surface area (Å²) in [7, 11) is -2.27. The molecule has 2 amide bonds. The SMILES string of the molecule is CCCCNC(=O)[C@H](CC)N(Cc1ccc(OC)cc1)C(=O)CN(c1ccc2c(c1)OCO2)S(=O)(=O)CC. The topological polar surface area (TPSA) is 114 Å². The lowest BCUT2D eigenvalue weighted by molar-refractivity contribution is -0.140. The van der Waals surface area contributed by atoms with E-state index < -0.39 is 28.5 Å². The van der Waals surface area contributed by atoms with Gasteiger partial charge in [-0.2, -0.15) is 0 Å². The summed E-state index contributed by atoms with van der Waals surface area (Å²) in [6.45, 7) is 5.58. The van der Waals surface area contributed by atoms with Gasteiger partial charge in [0.2, 0.25) is 28.6 Å². The Labute approximate surface area is 224 Å². The maximum absolute atomic E-state index is 13.8. The number of benzene rings is 2. The average molecular weight is 548 g/mol. The van der Waals surface area contributed by atoms with Crippen LogP contribution in [0.2, 0.25) is 0 Å². The van der Waals surface area contributed by atoms with Crippen LogP contribution in [0.25, 0.3) is 0 Å². The number of nitrogens with one attached hydrogen (secondary N) is 1. The number of nitrogens with zero attached hydrogens (tertiary/aromatic N) is 2. The Morgan fingerprint density at radius 3 is 2.39 bits per heavy atom. The van der Waals surface area contributed by atoms with Crippen molar-refractivity contribution in [2.75, 3.05) is 37.1 Å². The molecule has 1 aliphatic heterocycles. The molecule has 208 valence electrons. The maximum Gasteiger partial charge on any atom is 0.244 e. The van der Waals surface area contributed by atoms with Crippen LogP contribution in [0, 0.1) is 0 Å². The molecule has 1 heterocycles. The van der Waals surface area contributed by atoms with Crippen molar-refractivity contribution in [3.8, 4) is 17.2 Å². The van der Waals surface area contributed by atoms with Crippen LogP contribution in [0.4, 0.5) is 5.69 Å². The van der Waals surface area contributed by atoms with E-state index in [2.05, 4.69) is 5.32 Å². The molecule has 10 nitrogen and oxygen atoms in total. The van der Waals surface area contributed by atoms with E-state index in [1.54, 1.807) is 37.4 Å². The molecule has 1 atom stereocenters. The van der Waals surface area contributed by atoms with Crippen LogP contribution in [0.3, 0.4) is 0 Å². The van der Waals surface area contributed by atoms with Crippen molar-refractivity contribution in [2.45, 2.75) is 52.6 Å². The monoisotopic (exact) mass is 547 g/mol. The highest BCUT2D eigenvalue weighted by Crippen LogP contribution is 2.36.